The highest BCUT2D eigenvalue weighted by Crippen LogP contribution is 2.29. The van der Waals surface area contributed by atoms with Crippen molar-refractivity contribution in [3.63, 3.8) is 0 Å². The van der Waals surface area contributed by atoms with Gasteiger partial charge in [-0.05, 0) is 51.2 Å². The molecule has 0 saturated heterocycles. The molecule has 0 spiro atoms. The molecule has 2 aromatic rings. The van der Waals surface area contributed by atoms with E-state index >= 15 is 0 Å². The van der Waals surface area contributed by atoms with Gasteiger partial charge in [0.15, 0.2) is 5.75 Å². The van der Waals surface area contributed by atoms with Crippen LogP contribution < -0.4 is 10.5 Å². The molecule has 0 radical (unpaired) electrons. The smallest absolute Gasteiger partial charge is 0.224 e. The number of rotatable bonds is 4. The van der Waals surface area contributed by atoms with E-state index in [4.69, 9.17) is 15.5 Å². The number of aromatic nitrogens is 3. The molecule has 0 aromatic carbocycles. The van der Waals surface area contributed by atoms with E-state index in [2.05, 4.69) is 25.0 Å². The van der Waals surface area contributed by atoms with Gasteiger partial charge in [-0.2, -0.15) is 5.10 Å². The molecule has 5 nitrogen and oxygen atoms in total. The summed E-state index contributed by atoms with van der Waals surface area (Å²) in [5.41, 5.74) is 9.30. The fourth-order valence-corrected chi connectivity index (χ4v) is 2.66. The second-order valence-corrected chi connectivity index (χ2v) is 5.82. The maximum Gasteiger partial charge on any atom is 0.224 e. The summed E-state index contributed by atoms with van der Waals surface area (Å²) in [5, 5.41) is 4.29. The third kappa shape index (κ3) is 2.93. The highest BCUT2D eigenvalue weighted by Gasteiger charge is 2.16. The first-order valence-corrected chi connectivity index (χ1v) is 7.61. The monoisotopic (exact) mass is 286 g/mol. The highest BCUT2D eigenvalue weighted by molar-refractivity contribution is 5.37. The number of ether oxygens (including phenoxy) is 1. The predicted octanol–water partition coefficient (Wildman–Crippen LogP) is 2.99. The molecule has 5 heteroatoms. The van der Waals surface area contributed by atoms with E-state index in [9.17, 15) is 0 Å². The maximum atomic E-state index is 5.92. The molecule has 0 bridgehead atoms. The molecular formula is C16H22N4O. The SMILES string of the molecule is CC(C)n1cc(Oc2nc3c(cc2CN)CCCC3)cn1. The van der Waals surface area contributed by atoms with E-state index in [1.54, 1.807) is 6.20 Å². The van der Waals surface area contributed by atoms with Crippen LogP contribution in [0, 0.1) is 0 Å². The van der Waals surface area contributed by atoms with E-state index in [1.807, 2.05) is 10.9 Å². The third-order valence-electron chi connectivity index (χ3n) is 3.88. The fraction of sp³-hybridized carbons (Fsp3) is 0.500. The summed E-state index contributed by atoms with van der Waals surface area (Å²) in [6.07, 6.45) is 8.18. The Hall–Kier alpha value is -1.88. The van der Waals surface area contributed by atoms with Crippen LogP contribution >= 0.6 is 0 Å². The molecule has 2 heterocycles. The molecular weight excluding hydrogens is 264 g/mol. The van der Waals surface area contributed by atoms with Gasteiger partial charge in [0.2, 0.25) is 5.88 Å². The Labute approximate surface area is 125 Å². The number of hydrogen-bond acceptors (Lipinski definition) is 4. The van der Waals surface area contributed by atoms with Gasteiger partial charge in [-0.15, -0.1) is 0 Å². The molecule has 2 aromatic heterocycles. The van der Waals surface area contributed by atoms with Crippen molar-refractivity contribution in [2.75, 3.05) is 0 Å². The average molecular weight is 286 g/mol. The predicted molar refractivity (Wildman–Crippen MR) is 81.5 cm³/mol. The first-order valence-electron chi connectivity index (χ1n) is 7.61. The van der Waals surface area contributed by atoms with Gasteiger partial charge in [0, 0.05) is 23.8 Å². The normalized spacial score (nSPS) is 14.3. The van der Waals surface area contributed by atoms with Crippen LogP contribution in [0.5, 0.6) is 11.6 Å². The van der Waals surface area contributed by atoms with E-state index < -0.39 is 0 Å². The molecule has 112 valence electrons. The van der Waals surface area contributed by atoms with Crippen molar-refractivity contribution in [3.8, 4) is 11.6 Å². The second-order valence-electron chi connectivity index (χ2n) is 5.82. The van der Waals surface area contributed by atoms with Crippen molar-refractivity contribution in [2.24, 2.45) is 5.73 Å². The molecule has 21 heavy (non-hydrogen) atoms. The third-order valence-corrected chi connectivity index (χ3v) is 3.88. The lowest BCUT2D eigenvalue weighted by Gasteiger charge is -2.17. The van der Waals surface area contributed by atoms with Crippen LogP contribution in [-0.4, -0.2) is 14.8 Å². The average Bonchev–Trinajstić information content (AvgIpc) is 2.95. The summed E-state index contributed by atoms with van der Waals surface area (Å²) in [5.74, 6) is 1.34. The second kappa shape index (κ2) is 5.85. The van der Waals surface area contributed by atoms with Gasteiger partial charge in [0.25, 0.3) is 0 Å². The Morgan fingerprint density at radius 1 is 1.33 bits per heavy atom. The number of hydrogen-bond donors (Lipinski definition) is 1. The van der Waals surface area contributed by atoms with Crippen molar-refractivity contribution in [2.45, 2.75) is 52.1 Å². The molecule has 1 aliphatic rings. The first-order chi connectivity index (χ1) is 10.2. The lowest BCUT2D eigenvalue weighted by Crippen LogP contribution is -2.10. The van der Waals surface area contributed by atoms with E-state index in [0.29, 0.717) is 24.2 Å². The largest absolute Gasteiger partial charge is 0.435 e. The van der Waals surface area contributed by atoms with Gasteiger partial charge < -0.3 is 10.5 Å². The van der Waals surface area contributed by atoms with E-state index in [0.717, 1.165) is 24.1 Å². The minimum absolute atomic E-state index is 0.313. The minimum atomic E-state index is 0.313. The number of pyridine rings is 1. The Bertz CT molecular complexity index is 633. The Balaban J connectivity index is 1.89. The van der Waals surface area contributed by atoms with Crippen molar-refractivity contribution < 1.29 is 4.74 Å². The van der Waals surface area contributed by atoms with Crippen molar-refractivity contribution in [1.29, 1.82) is 0 Å². The lowest BCUT2D eigenvalue weighted by atomic mass is 9.95. The molecule has 0 unspecified atom stereocenters. The Morgan fingerprint density at radius 2 is 2.14 bits per heavy atom. The first kappa shape index (κ1) is 14.1. The van der Waals surface area contributed by atoms with Crippen LogP contribution in [-0.2, 0) is 19.4 Å². The van der Waals surface area contributed by atoms with Crippen molar-refractivity contribution >= 4 is 0 Å². The number of nitrogens with zero attached hydrogens (tertiary/aromatic N) is 3. The van der Waals surface area contributed by atoms with Crippen molar-refractivity contribution in [1.82, 2.24) is 14.8 Å². The van der Waals surface area contributed by atoms with Crippen LogP contribution in [0.4, 0.5) is 0 Å². The summed E-state index contributed by atoms with van der Waals surface area (Å²) >= 11 is 0. The molecule has 2 N–H and O–H groups in total. The quantitative estimate of drug-likeness (QED) is 0.938. The van der Waals surface area contributed by atoms with E-state index in [-0.39, 0.29) is 0 Å². The number of nitrogens with two attached hydrogens (primary N) is 1. The molecule has 0 aliphatic heterocycles. The van der Waals surface area contributed by atoms with Gasteiger partial charge in [0.05, 0.1) is 12.4 Å². The molecule has 3 rings (SSSR count). The summed E-state index contributed by atoms with van der Waals surface area (Å²) in [6.45, 7) is 4.60. The fourth-order valence-electron chi connectivity index (χ4n) is 2.66. The van der Waals surface area contributed by atoms with Crippen LogP contribution in [0.3, 0.4) is 0 Å². The molecule has 0 amide bonds. The van der Waals surface area contributed by atoms with Crippen LogP contribution in [0.1, 0.15) is 49.6 Å². The van der Waals surface area contributed by atoms with Gasteiger partial charge in [-0.1, -0.05) is 0 Å². The zero-order valence-corrected chi connectivity index (χ0v) is 12.7. The van der Waals surface area contributed by atoms with Gasteiger partial charge in [-0.3, -0.25) is 4.68 Å². The number of aryl methyl sites for hydroxylation is 2. The van der Waals surface area contributed by atoms with Crippen LogP contribution in [0.15, 0.2) is 18.5 Å². The summed E-state index contributed by atoms with van der Waals surface area (Å²) in [4.78, 5) is 4.69. The summed E-state index contributed by atoms with van der Waals surface area (Å²) < 4.78 is 7.79. The molecule has 0 atom stereocenters. The Kier molecular flexibility index (Phi) is 3.92. The van der Waals surface area contributed by atoms with Gasteiger partial charge in [0.1, 0.15) is 0 Å². The maximum absolute atomic E-state index is 5.92. The molecule has 1 aliphatic carbocycles. The molecule has 0 saturated carbocycles. The summed E-state index contributed by atoms with van der Waals surface area (Å²) in [6, 6.07) is 2.47. The standard InChI is InChI=1S/C16H22N4O/c1-11(2)20-10-14(9-18-20)21-16-13(8-17)7-12-5-3-4-6-15(12)19-16/h7,9-11H,3-6,8,17H2,1-2H3. The topological polar surface area (TPSA) is 66.0 Å². The van der Waals surface area contributed by atoms with Gasteiger partial charge >= 0.3 is 0 Å². The van der Waals surface area contributed by atoms with Gasteiger partial charge in [-0.25, -0.2) is 4.98 Å². The van der Waals surface area contributed by atoms with Crippen LogP contribution in [0.25, 0.3) is 0 Å². The van der Waals surface area contributed by atoms with Crippen LogP contribution in [0.2, 0.25) is 0 Å². The Morgan fingerprint density at radius 3 is 2.86 bits per heavy atom. The molecule has 0 fully saturated rings. The number of fused-ring (bicyclic) bond motifs is 1. The lowest BCUT2D eigenvalue weighted by molar-refractivity contribution is 0.448. The summed E-state index contributed by atoms with van der Waals surface area (Å²) in [7, 11) is 0. The zero-order valence-electron chi connectivity index (χ0n) is 12.7. The minimum Gasteiger partial charge on any atom is -0.435 e. The van der Waals surface area contributed by atoms with Crippen molar-refractivity contribution in [3.05, 3.63) is 35.3 Å². The highest BCUT2D eigenvalue weighted by atomic mass is 16.5. The zero-order chi connectivity index (χ0) is 14.8. The van der Waals surface area contributed by atoms with E-state index in [1.165, 1.54) is 18.4 Å².